The van der Waals surface area contributed by atoms with Crippen LogP contribution in [0.1, 0.15) is 12.6 Å². The lowest BCUT2D eigenvalue weighted by Gasteiger charge is -2.16. The molecule has 0 saturated carbocycles. The van der Waals surface area contributed by atoms with Crippen molar-refractivity contribution in [3.05, 3.63) is 29.3 Å². The van der Waals surface area contributed by atoms with Gasteiger partial charge in [-0.3, -0.25) is 0 Å². The first kappa shape index (κ1) is 16.1. The number of halogens is 6. The Morgan fingerprint density at radius 3 is 1.70 bits per heavy atom. The zero-order chi connectivity index (χ0) is 15.7. The van der Waals surface area contributed by atoms with Gasteiger partial charge in [0.05, 0.1) is 11.1 Å². The van der Waals surface area contributed by atoms with Gasteiger partial charge in [-0.15, -0.1) is 0 Å². The molecule has 0 aromatic heterocycles. The van der Waals surface area contributed by atoms with Crippen molar-refractivity contribution in [1.29, 1.82) is 0 Å². The monoisotopic (exact) mass is 302 g/mol. The fourth-order valence-electron chi connectivity index (χ4n) is 1.26. The molecule has 0 atom stereocenters. The van der Waals surface area contributed by atoms with Crippen molar-refractivity contribution >= 4 is 11.7 Å². The Labute approximate surface area is 111 Å². The molecule has 0 bridgehead atoms. The Balaban J connectivity index is 0.00000400. The van der Waals surface area contributed by atoms with E-state index < -0.39 is 35.2 Å². The van der Waals surface area contributed by atoms with Crippen molar-refractivity contribution in [2.45, 2.75) is 12.4 Å². The molecule has 0 fully saturated rings. The largest absolute Gasteiger partial charge is 0.416 e. The van der Waals surface area contributed by atoms with Gasteiger partial charge >= 0.3 is 18.4 Å². The molecule has 0 unspecified atom stereocenters. The molecule has 0 saturated heterocycles. The molecule has 9 heteroatoms. The van der Waals surface area contributed by atoms with Crippen LogP contribution in [0.25, 0.3) is 0 Å². The Morgan fingerprint density at radius 1 is 1.00 bits per heavy atom. The minimum absolute atomic E-state index is 0. The lowest BCUT2D eigenvalue weighted by atomic mass is 10.1. The minimum Gasteiger partial charge on any atom is -0.331 e. The summed E-state index contributed by atoms with van der Waals surface area (Å²) < 4.78 is 75.2. The van der Waals surface area contributed by atoms with Gasteiger partial charge in [-0.25, -0.2) is 4.79 Å². The van der Waals surface area contributed by atoms with Crippen molar-refractivity contribution in [2.24, 2.45) is 0 Å². The second kappa shape index (κ2) is 5.22. The average molecular weight is 302 g/mol. The summed E-state index contributed by atoms with van der Waals surface area (Å²) in [4.78, 5) is 12.3. The minimum atomic E-state index is -4.95. The Bertz CT molecular complexity index is 480. The van der Waals surface area contributed by atoms with Crippen LogP contribution in [-0.2, 0) is 12.4 Å². The molecule has 0 aliphatic carbocycles. The predicted molar refractivity (Wildman–Crippen MR) is 61.3 cm³/mol. The summed E-state index contributed by atoms with van der Waals surface area (Å²) >= 11 is 0. The van der Waals surface area contributed by atoms with Crippen LogP contribution in [0.15, 0.2) is 18.2 Å². The number of benzene rings is 1. The van der Waals surface area contributed by atoms with Crippen LogP contribution in [-0.4, -0.2) is 25.0 Å². The van der Waals surface area contributed by atoms with Crippen LogP contribution in [0.3, 0.4) is 0 Å². The number of rotatable bonds is 1. The van der Waals surface area contributed by atoms with Gasteiger partial charge in [0, 0.05) is 21.2 Å². The third-order valence-corrected chi connectivity index (χ3v) is 2.25. The van der Waals surface area contributed by atoms with E-state index in [1.807, 2.05) is 5.32 Å². The number of hydrogen-bond acceptors (Lipinski definition) is 1. The highest BCUT2D eigenvalue weighted by Crippen LogP contribution is 2.37. The van der Waals surface area contributed by atoms with Gasteiger partial charge in [-0.1, -0.05) is 0 Å². The van der Waals surface area contributed by atoms with Gasteiger partial charge in [0.2, 0.25) is 0 Å². The van der Waals surface area contributed by atoms with Crippen LogP contribution < -0.4 is 5.32 Å². The molecule has 114 valence electrons. The van der Waals surface area contributed by atoms with Crippen molar-refractivity contribution < 1.29 is 32.6 Å². The predicted octanol–water partition coefficient (Wildman–Crippen LogP) is 4.06. The zero-order valence-electron chi connectivity index (χ0n) is 10.4. The number of carbonyl (C=O) groups excluding carboxylic acids is 1. The first-order chi connectivity index (χ1) is 8.91. The van der Waals surface area contributed by atoms with Crippen molar-refractivity contribution in [1.82, 2.24) is 4.90 Å². The molecule has 1 aromatic rings. The summed E-state index contributed by atoms with van der Waals surface area (Å²) in [6.45, 7) is 0. The van der Waals surface area contributed by atoms with Gasteiger partial charge in [-0.05, 0) is 18.2 Å². The maximum Gasteiger partial charge on any atom is 0.416 e. The molecule has 0 radical (unpaired) electrons. The normalized spacial score (nSPS) is 12.2. The number of nitrogens with one attached hydrogen (secondary N) is 1. The second-order valence-corrected chi connectivity index (χ2v) is 4.12. The number of urea groups is 1. The lowest BCUT2D eigenvalue weighted by Crippen LogP contribution is -2.27. The zero-order valence-corrected chi connectivity index (χ0v) is 10.4. The Morgan fingerprint density at radius 2 is 1.40 bits per heavy atom. The topological polar surface area (TPSA) is 32.3 Å². The molecule has 0 spiro atoms. The van der Waals surface area contributed by atoms with Gasteiger partial charge < -0.3 is 10.2 Å². The SMILES string of the molecule is CN(C)C(=O)Nc1cc(C(F)(F)F)cc(C(F)(F)F)c1.[HH]. The number of alkyl halides is 6. The van der Waals surface area contributed by atoms with E-state index in [4.69, 9.17) is 0 Å². The third kappa shape index (κ3) is 4.04. The van der Waals surface area contributed by atoms with Crippen LogP contribution >= 0.6 is 0 Å². The molecule has 3 nitrogen and oxygen atoms in total. The lowest BCUT2D eigenvalue weighted by molar-refractivity contribution is -0.143. The Hall–Kier alpha value is -1.93. The van der Waals surface area contributed by atoms with E-state index in [2.05, 4.69) is 0 Å². The maximum absolute atomic E-state index is 12.5. The standard InChI is InChI=1S/C11H10F6N2O.H2/c1-19(2)9(20)18-8-4-6(10(12,13)14)3-7(5-8)11(15,16)17;/h3-5H,1-2H3,(H,18,20);1H. The van der Waals surface area contributed by atoms with Crippen LogP contribution in [0.5, 0.6) is 0 Å². The van der Waals surface area contributed by atoms with Gasteiger partial charge in [-0.2, -0.15) is 26.3 Å². The molecule has 0 aliphatic rings. The summed E-state index contributed by atoms with van der Waals surface area (Å²) in [5.41, 5.74) is -3.55. The number of nitrogens with zero attached hydrogens (tertiary/aromatic N) is 1. The van der Waals surface area contributed by atoms with Gasteiger partial charge in [0.25, 0.3) is 0 Å². The van der Waals surface area contributed by atoms with Crippen LogP contribution in [0, 0.1) is 0 Å². The molecule has 0 heterocycles. The summed E-state index contributed by atoms with van der Waals surface area (Å²) in [6, 6.07) is 0.0379. The van der Waals surface area contributed by atoms with Gasteiger partial charge in [0.1, 0.15) is 0 Å². The number of hydrogen-bond donors (Lipinski definition) is 1. The van der Waals surface area contributed by atoms with Crippen molar-refractivity contribution in [3.8, 4) is 0 Å². The van der Waals surface area contributed by atoms with Gasteiger partial charge in [0.15, 0.2) is 0 Å². The highest BCUT2D eigenvalue weighted by Gasteiger charge is 2.37. The fraction of sp³-hybridized carbons (Fsp3) is 0.364. The molecule has 2 amide bonds. The van der Waals surface area contributed by atoms with E-state index in [0.717, 1.165) is 4.90 Å². The first-order valence-electron chi connectivity index (χ1n) is 5.19. The first-order valence-corrected chi connectivity index (χ1v) is 5.19. The van der Waals surface area contributed by atoms with Crippen LogP contribution in [0.4, 0.5) is 36.8 Å². The average Bonchev–Trinajstić information content (AvgIpc) is 2.26. The van der Waals surface area contributed by atoms with E-state index in [9.17, 15) is 31.1 Å². The number of anilines is 1. The molecule has 0 aliphatic heterocycles. The second-order valence-electron chi connectivity index (χ2n) is 4.12. The molecular weight excluding hydrogens is 290 g/mol. The third-order valence-electron chi connectivity index (χ3n) is 2.25. The summed E-state index contributed by atoms with van der Waals surface area (Å²) in [5.74, 6) is 0. The van der Waals surface area contributed by atoms with Crippen molar-refractivity contribution in [2.75, 3.05) is 19.4 Å². The fourth-order valence-corrected chi connectivity index (χ4v) is 1.26. The molecular formula is C11H12F6N2O. The van der Waals surface area contributed by atoms with Crippen molar-refractivity contribution in [3.63, 3.8) is 0 Å². The number of carbonyl (C=O) groups is 1. The number of amides is 2. The highest BCUT2D eigenvalue weighted by atomic mass is 19.4. The highest BCUT2D eigenvalue weighted by molar-refractivity contribution is 5.89. The van der Waals surface area contributed by atoms with Crippen LogP contribution in [0.2, 0.25) is 0 Å². The molecule has 1 rings (SSSR count). The molecule has 1 aromatic carbocycles. The summed E-state index contributed by atoms with van der Waals surface area (Å²) in [7, 11) is 2.60. The van der Waals surface area contributed by atoms with E-state index in [-0.39, 0.29) is 7.49 Å². The van der Waals surface area contributed by atoms with E-state index in [1.165, 1.54) is 14.1 Å². The smallest absolute Gasteiger partial charge is 0.331 e. The van der Waals surface area contributed by atoms with E-state index in [0.29, 0.717) is 12.1 Å². The molecule has 20 heavy (non-hydrogen) atoms. The maximum atomic E-state index is 12.5. The van der Waals surface area contributed by atoms with E-state index >= 15 is 0 Å². The summed E-state index contributed by atoms with van der Waals surface area (Å²) in [6.07, 6.45) is -9.89. The van der Waals surface area contributed by atoms with E-state index in [1.54, 1.807) is 0 Å². The summed E-state index contributed by atoms with van der Waals surface area (Å²) in [5, 5.41) is 1.95. The molecule has 1 N–H and O–H groups in total. The quantitative estimate of drug-likeness (QED) is 0.779. The Kier molecular flexibility index (Phi) is 4.21.